The second kappa shape index (κ2) is 5.42. The van der Waals surface area contributed by atoms with Gasteiger partial charge in [-0.15, -0.1) is 0 Å². The highest BCUT2D eigenvalue weighted by atomic mass is 32.2. The zero-order chi connectivity index (χ0) is 16.0. The molecule has 0 aromatic heterocycles. The minimum atomic E-state index is -3.41. The number of hydrogen-bond acceptors (Lipinski definition) is 4. The van der Waals surface area contributed by atoms with Crippen molar-refractivity contribution in [1.29, 1.82) is 0 Å². The predicted molar refractivity (Wildman–Crippen MR) is 86.8 cm³/mol. The van der Waals surface area contributed by atoms with Crippen LogP contribution >= 0.6 is 0 Å². The van der Waals surface area contributed by atoms with E-state index in [1.165, 1.54) is 0 Å². The van der Waals surface area contributed by atoms with Gasteiger partial charge in [0.15, 0.2) is 0 Å². The van der Waals surface area contributed by atoms with Crippen LogP contribution in [0.15, 0.2) is 23.1 Å². The third kappa shape index (κ3) is 2.94. The van der Waals surface area contributed by atoms with Crippen LogP contribution in [-0.4, -0.2) is 38.0 Å². The number of nitrogens with zero attached hydrogens (tertiary/aromatic N) is 1. The molecule has 0 aliphatic carbocycles. The lowest BCUT2D eigenvalue weighted by molar-refractivity contribution is 0.116. The maximum Gasteiger partial charge on any atom is 0.243 e. The second-order valence-corrected chi connectivity index (χ2v) is 8.90. The molecular weight excluding hydrogens is 300 g/mol. The van der Waals surface area contributed by atoms with E-state index in [0.29, 0.717) is 36.2 Å². The summed E-state index contributed by atoms with van der Waals surface area (Å²) >= 11 is 0. The highest BCUT2D eigenvalue weighted by Crippen LogP contribution is 2.35. The van der Waals surface area contributed by atoms with Gasteiger partial charge in [0.05, 0.1) is 17.1 Å². The summed E-state index contributed by atoms with van der Waals surface area (Å²) in [5.74, 6) is 1.31. The van der Waals surface area contributed by atoms with E-state index in [2.05, 4.69) is 12.2 Å². The smallest absolute Gasteiger partial charge is 0.243 e. The quantitative estimate of drug-likeness (QED) is 0.909. The monoisotopic (exact) mass is 324 g/mol. The van der Waals surface area contributed by atoms with Crippen molar-refractivity contribution in [1.82, 2.24) is 4.31 Å². The highest BCUT2D eigenvalue weighted by Gasteiger charge is 2.31. The molecule has 3 rings (SSSR count). The first kappa shape index (κ1) is 15.6. The van der Waals surface area contributed by atoms with Crippen LogP contribution in [0.2, 0.25) is 0 Å². The summed E-state index contributed by atoms with van der Waals surface area (Å²) in [7, 11) is -3.41. The van der Waals surface area contributed by atoms with E-state index in [0.717, 1.165) is 18.5 Å². The first-order valence-corrected chi connectivity index (χ1v) is 9.29. The maximum atomic E-state index is 12.8. The number of fused-ring (bicyclic) bond motifs is 1. The fourth-order valence-electron chi connectivity index (χ4n) is 2.91. The van der Waals surface area contributed by atoms with E-state index < -0.39 is 10.0 Å². The normalized spacial score (nSPS) is 22.5. The van der Waals surface area contributed by atoms with Crippen LogP contribution < -0.4 is 10.1 Å². The number of hydrogen-bond donors (Lipinski definition) is 1. The van der Waals surface area contributed by atoms with Crippen LogP contribution in [-0.2, 0) is 10.0 Å². The van der Waals surface area contributed by atoms with Gasteiger partial charge in [0, 0.05) is 13.1 Å². The maximum absolute atomic E-state index is 12.8. The van der Waals surface area contributed by atoms with Crippen molar-refractivity contribution < 1.29 is 13.2 Å². The first-order chi connectivity index (χ1) is 10.3. The Morgan fingerprint density at radius 1 is 1.27 bits per heavy atom. The Hall–Kier alpha value is -1.27. The van der Waals surface area contributed by atoms with Gasteiger partial charge < -0.3 is 10.1 Å². The van der Waals surface area contributed by atoms with E-state index in [1.807, 2.05) is 13.8 Å². The minimum absolute atomic E-state index is 0.281. The Labute approximate surface area is 132 Å². The zero-order valence-electron chi connectivity index (χ0n) is 13.4. The summed E-state index contributed by atoms with van der Waals surface area (Å²) in [6, 6.07) is 5.09. The molecule has 0 bridgehead atoms. The molecule has 1 N–H and O–H groups in total. The van der Waals surface area contributed by atoms with Crippen LogP contribution in [0.4, 0.5) is 5.69 Å². The summed E-state index contributed by atoms with van der Waals surface area (Å²) in [4.78, 5) is 0.344. The summed E-state index contributed by atoms with van der Waals surface area (Å²) < 4.78 is 33.0. The summed E-state index contributed by atoms with van der Waals surface area (Å²) in [6.07, 6.45) is 1.86. The molecule has 0 atom stereocenters. The minimum Gasteiger partial charge on any atom is -0.484 e. The molecule has 2 heterocycles. The predicted octanol–water partition coefficient (Wildman–Crippen LogP) is 2.69. The fourth-order valence-corrected chi connectivity index (χ4v) is 4.41. The lowest BCUT2D eigenvalue weighted by Gasteiger charge is -2.34. The number of nitrogens with one attached hydrogen (secondary N) is 1. The summed E-state index contributed by atoms with van der Waals surface area (Å²) in [5.41, 5.74) is 0.474. The van der Waals surface area contributed by atoms with Gasteiger partial charge in [-0.3, -0.25) is 0 Å². The van der Waals surface area contributed by atoms with Crippen molar-refractivity contribution in [3.05, 3.63) is 18.2 Å². The lowest BCUT2D eigenvalue weighted by atomic mass is 10.0. The Balaban J connectivity index is 1.86. The molecular formula is C16H24N2O3S. The molecule has 0 unspecified atom stereocenters. The van der Waals surface area contributed by atoms with Crippen LogP contribution in [0, 0.1) is 5.92 Å². The molecule has 22 heavy (non-hydrogen) atoms. The van der Waals surface area contributed by atoms with Gasteiger partial charge in [-0.1, -0.05) is 6.92 Å². The topological polar surface area (TPSA) is 58.6 Å². The van der Waals surface area contributed by atoms with Gasteiger partial charge in [-0.05, 0) is 50.8 Å². The van der Waals surface area contributed by atoms with Crippen molar-refractivity contribution in [3.63, 3.8) is 0 Å². The molecule has 0 spiro atoms. The van der Waals surface area contributed by atoms with E-state index in [1.54, 1.807) is 22.5 Å². The van der Waals surface area contributed by atoms with Gasteiger partial charge >= 0.3 is 0 Å². The van der Waals surface area contributed by atoms with Crippen LogP contribution in [0.25, 0.3) is 0 Å². The molecule has 1 fully saturated rings. The number of benzene rings is 1. The molecule has 2 aliphatic rings. The number of rotatable bonds is 2. The van der Waals surface area contributed by atoms with Crippen LogP contribution in [0.3, 0.4) is 0 Å². The zero-order valence-corrected chi connectivity index (χ0v) is 14.2. The van der Waals surface area contributed by atoms with Gasteiger partial charge in [0.25, 0.3) is 0 Å². The van der Waals surface area contributed by atoms with Crippen LogP contribution in [0.5, 0.6) is 5.75 Å². The van der Waals surface area contributed by atoms with Crippen molar-refractivity contribution in [2.45, 2.75) is 44.1 Å². The largest absolute Gasteiger partial charge is 0.484 e. The van der Waals surface area contributed by atoms with Gasteiger partial charge in [-0.2, -0.15) is 4.31 Å². The van der Waals surface area contributed by atoms with Crippen molar-refractivity contribution in [2.24, 2.45) is 5.92 Å². The Morgan fingerprint density at radius 2 is 1.95 bits per heavy atom. The average molecular weight is 324 g/mol. The summed E-state index contributed by atoms with van der Waals surface area (Å²) in [5, 5.41) is 3.27. The van der Waals surface area contributed by atoms with Gasteiger partial charge in [-0.25, -0.2) is 8.42 Å². The fraction of sp³-hybridized carbons (Fsp3) is 0.625. The molecule has 0 amide bonds. The van der Waals surface area contributed by atoms with Crippen molar-refractivity contribution in [2.75, 3.05) is 25.0 Å². The highest BCUT2D eigenvalue weighted by molar-refractivity contribution is 7.89. The standard InChI is InChI=1S/C16H24N2O3S/c1-12-6-8-18(9-7-12)22(19,20)13-4-5-15-14(10-13)17-11-16(2,3)21-15/h4-5,10,12,17H,6-9,11H2,1-3H3. The Bertz CT molecular complexity index is 662. The van der Waals surface area contributed by atoms with Crippen molar-refractivity contribution in [3.8, 4) is 5.75 Å². The van der Waals surface area contributed by atoms with E-state index in [4.69, 9.17) is 4.74 Å². The third-order valence-electron chi connectivity index (χ3n) is 4.42. The third-order valence-corrected chi connectivity index (χ3v) is 6.32. The van der Waals surface area contributed by atoms with E-state index >= 15 is 0 Å². The number of sulfonamides is 1. The molecule has 6 heteroatoms. The Morgan fingerprint density at radius 3 is 2.64 bits per heavy atom. The molecule has 2 aliphatic heterocycles. The van der Waals surface area contributed by atoms with E-state index in [9.17, 15) is 8.42 Å². The molecule has 0 saturated carbocycles. The first-order valence-electron chi connectivity index (χ1n) is 7.85. The summed E-state index contributed by atoms with van der Waals surface area (Å²) in [6.45, 7) is 8.05. The lowest BCUT2D eigenvalue weighted by Crippen LogP contribution is -2.40. The van der Waals surface area contributed by atoms with Gasteiger partial charge in [0.1, 0.15) is 11.4 Å². The number of piperidine rings is 1. The molecule has 1 aromatic carbocycles. The molecule has 0 radical (unpaired) electrons. The second-order valence-electron chi connectivity index (χ2n) is 6.96. The SMILES string of the molecule is CC1CCN(S(=O)(=O)c2ccc3c(c2)NCC(C)(C)O3)CC1. The Kier molecular flexibility index (Phi) is 3.85. The molecule has 122 valence electrons. The molecule has 1 aromatic rings. The van der Waals surface area contributed by atoms with E-state index in [-0.39, 0.29) is 5.60 Å². The number of anilines is 1. The molecule has 5 nitrogen and oxygen atoms in total. The van der Waals surface area contributed by atoms with Crippen LogP contribution in [0.1, 0.15) is 33.6 Å². The van der Waals surface area contributed by atoms with Gasteiger partial charge in [0.2, 0.25) is 10.0 Å². The number of ether oxygens (including phenoxy) is 1. The molecule has 1 saturated heterocycles. The van der Waals surface area contributed by atoms with Crippen molar-refractivity contribution >= 4 is 15.7 Å². The average Bonchev–Trinajstić information content (AvgIpc) is 2.46.